The molecule has 3 rings (SSSR count). The van der Waals surface area contributed by atoms with Gasteiger partial charge in [0.1, 0.15) is 5.82 Å². The molecule has 4 nitrogen and oxygen atoms in total. The zero-order valence-corrected chi connectivity index (χ0v) is 14.5. The van der Waals surface area contributed by atoms with Crippen LogP contribution in [0.3, 0.4) is 0 Å². The summed E-state index contributed by atoms with van der Waals surface area (Å²) < 4.78 is 14.5. The highest BCUT2D eigenvalue weighted by Crippen LogP contribution is 2.24. The van der Waals surface area contributed by atoms with Crippen molar-refractivity contribution in [1.82, 2.24) is 14.7 Å². The first-order valence-electron chi connectivity index (χ1n) is 8.26. The fraction of sp³-hybridized carbons (Fsp3) is 0.444. The molecule has 0 saturated carbocycles. The van der Waals surface area contributed by atoms with Gasteiger partial charge in [-0.2, -0.15) is 5.10 Å². The second kappa shape index (κ2) is 7.34. The van der Waals surface area contributed by atoms with Crippen LogP contribution in [0, 0.1) is 11.7 Å². The molecule has 1 aromatic heterocycles. The van der Waals surface area contributed by atoms with Crippen LogP contribution in [-0.4, -0.2) is 33.7 Å². The quantitative estimate of drug-likeness (QED) is 0.844. The maximum atomic E-state index is 13.0. The van der Waals surface area contributed by atoms with Crippen LogP contribution in [0.15, 0.2) is 30.5 Å². The average molecular weight is 350 g/mol. The monoisotopic (exact) mass is 349 g/mol. The highest BCUT2D eigenvalue weighted by Gasteiger charge is 2.27. The van der Waals surface area contributed by atoms with Gasteiger partial charge in [0.25, 0.3) is 5.91 Å². The third-order valence-electron chi connectivity index (χ3n) is 4.55. The van der Waals surface area contributed by atoms with E-state index in [1.165, 1.54) is 12.1 Å². The topological polar surface area (TPSA) is 38.1 Å². The van der Waals surface area contributed by atoms with Gasteiger partial charge in [0.15, 0.2) is 5.69 Å². The van der Waals surface area contributed by atoms with Crippen LogP contribution in [0.25, 0.3) is 0 Å². The molecule has 0 radical (unpaired) electrons. The molecule has 0 spiro atoms. The molecule has 0 aliphatic carbocycles. The Morgan fingerprint density at radius 3 is 2.79 bits per heavy atom. The first-order chi connectivity index (χ1) is 11.5. The van der Waals surface area contributed by atoms with Crippen LogP contribution >= 0.6 is 11.6 Å². The van der Waals surface area contributed by atoms with Gasteiger partial charge in [-0.1, -0.05) is 23.7 Å². The van der Waals surface area contributed by atoms with E-state index in [9.17, 15) is 9.18 Å². The predicted molar refractivity (Wildman–Crippen MR) is 91.6 cm³/mol. The Hall–Kier alpha value is -1.88. The lowest BCUT2D eigenvalue weighted by Gasteiger charge is -2.32. The van der Waals surface area contributed by atoms with Gasteiger partial charge >= 0.3 is 0 Å². The van der Waals surface area contributed by atoms with E-state index in [2.05, 4.69) is 5.10 Å². The number of carbonyl (C=O) groups is 1. The highest BCUT2D eigenvalue weighted by atomic mass is 35.5. The molecule has 1 aromatic carbocycles. The Morgan fingerprint density at radius 2 is 2.12 bits per heavy atom. The largest absolute Gasteiger partial charge is 0.337 e. The Labute approximate surface area is 146 Å². The van der Waals surface area contributed by atoms with Gasteiger partial charge in [-0.05, 0) is 49.3 Å². The van der Waals surface area contributed by atoms with Crippen molar-refractivity contribution in [3.8, 4) is 0 Å². The number of carbonyl (C=O) groups excluding carboxylic acids is 1. The summed E-state index contributed by atoms with van der Waals surface area (Å²) in [5.41, 5.74) is 1.46. The number of piperidine rings is 1. The summed E-state index contributed by atoms with van der Waals surface area (Å²) >= 11 is 6.09. The van der Waals surface area contributed by atoms with Crippen LogP contribution in [-0.2, 0) is 13.5 Å². The molecule has 2 aromatic rings. The molecule has 1 amide bonds. The molecule has 6 heteroatoms. The Morgan fingerprint density at radius 1 is 1.38 bits per heavy atom. The van der Waals surface area contributed by atoms with Crippen LogP contribution in [0.1, 0.15) is 35.3 Å². The number of rotatable bonds is 4. The van der Waals surface area contributed by atoms with Crippen molar-refractivity contribution in [2.75, 3.05) is 13.1 Å². The first kappa shape index (κ1) is 17.0. The van der Waals surface area contributed by atoms with Crippen molar-refractivity contribution in [1.29, 1.82) is 0 Å². The summed E-state index contributed by atoms with van der Waals surface area (Å²) in [5.74, 6) is 0.155. The highest BCUT2D eigenvalue weighted by molar-refractivity contribution is 6.33. The summed E-state index contributed by atoms with van der Waals surface area (Å²) in [6, 6.07) is 6.65. The van der Waals surface area contributed by atoms with Gasteiger partial charge in [0, 0.05) is 26.3 Å². The van der Waals surface area contributed by atoms with Crippen molar-refractivity contribution in [2.45, 2.75) is 25.7 Å². The lowest BCUT2D eigenvalue weighted by Crippen LogP contribution is -2.40. The molecular weight excluding hydrogens is 329 g/mol. The number of benzene rings is 1. The normalized spacial score (nSPS) is 18.0. The molecule has 0 N–H and O–H groups in total. The SMILES string of the molecule is Cn1cc(Cl)c(C(=O)N2CCC[C@@H](CCc3ccc(F)cc3)C2)n1. The number of hydrogen-bond donors (Lipinski definition) is 0. The molecule has 0 unspecified atom stereocenters. The number of likely N-dealkylation sites (tertiary alicyclic amines) is 1. The lowest BCUT2D eigenvalue weighted by atomic mass is 9.91. The number of halogens is 2. The van der Waals surface area contributed by atoms with Crippen LogP contribution < -0.4 is 0 Å². The minimum Gasteiger partial charge on any atom is -0.337 e. The van der Waals surface area contributed by atoms with Crippen molar-refractivity contribution in [3.05, 3.63) is 52.6 Å². The number of aryl methyl sites for hydroxylation is 2. The molecule has 1 saturated heterocycles. The lowest BCUT2D eigenvalue weighted by molar-refractivity contribution is 0.0662. The minimum atomic E-state index is -0.208. The van der Waals surface area contributed by atoms with Gasteiger partial charge in [-0.15, -0.1) is 0 Å². The smallest absolute Gasteiger partial charge is 0.275 e. The zero-order valence-electron chi connectivity index (χ0n) is 13.7. The van der Waals surface area contributed by atoms with Crippen LogP contribution in [0.5, 0.6) is 0 Å². The predicted octanol–water partition coefficient (Wildman–Crippen LogP) is 3.70. The molecular formula is C18H21ClFN3O. The third-order valence-corrected chi connectivity index (χ3v) is 4.82. The maximum Gasteiger partial charge on any atom is 0.275 e. The molecule has 0 bridgehead atoms. The standard InChI is InChI=1S/C18H21ClFN3O/c1-22-12-16(19)17(21-22)18(24)23-10-2-3-14(11-23)5-4-13-6-8-15(20)9-7-13/h6-9,12,14H,2-5,10-11H2,1H3/t14-/m0/s1. The van der Waals surface area contributed by atoms with Gasteiger partial charge in [-0.3, -0.25) is 9.48 Å². The van der Waals surface area contributed by atoms with Crippen LogP contribution in [0.4, 0.5) is 4.39 Å². The van der Waals surface area contributed by atoms with E-state index in [0.29, 0.717) is 16.6 Å². The molecule has 1 fully saturated rings. The molecule has 2 heterocycles. The Balaban J connectivity index is 1.58. The number of nitrogens with zero attached hydrogens (tertiary/aromatic N) is 3. The van der Waals surface area contributed by atoms with Crippen molar-refractivity contribution >= 4 is 17.5 Å². The van der Waals surface area contributed by atoms with Gasteiger partial charge in [0.2, 0.25) is 0 Å². The molecule has 1 aliphatic rings. The second-order valence-electron chi connectivity index (χ2n) is 6.42. The summed E-state index contributed by atoms with van der Waals surface area (Å²) in [4.78, 5) is 14.5. The maximum absolute atomic E-state index is 13.0. The number of amides is 1. The third kappa shape index (κ3) is 3.96. The van der Waals surface area contributed by atoms with E-state index >= 15 is 0 Å². The van der Waals surface area contributed by atoms with E-state index in [4.69, 9.17) is 11.6 Å². The summed E-state index contributed by atoms with van der Waals surface area (Å²) in [5, 5.41) is 4.57. The summed E-state index contributed by atoms with van der Waals surface area (Å²) in [7, 11) is 1.75. The minimum absolute atomic E-state index is 0.0907. The fourth-order valence-corrected chi connectivity index (χ4v) is 3.52. The van der Waals surface area contributed by atoms with Crippen molar-refractivity contribution in [3.63, 3.8) is 0 Å². The van der Waals surface area contributed by atoms with Gasteiger partial charge < -0.3 is 4.90 Å². The molecule has 24 heavy (non-hydrogen) atoms. The average Bonchev–Trinajstić information content (AvgIpc) is 2.92. The van der Waals surface area contributed by atoms with Crippen molar-refractivity contribution < 1.29 is 9.18 Å². The second-order valence-corrected chi connectivity index (χ2v) is 6.83. The van der Waals surface area contributed by atoms with Crippen LogP contribution in [0.2, 0.25) is 5.02 Å². The van der Waals surface area contributed by atoms with E-state index in [1.807, 2.05) is 17.0 Å². The van der Waals surface area contributed by atoms with Crippen molar-refractivity contribution in [2.24, 2.45) is 13.0 Å². The Bertz CT molecular complexity index is 714. The summed E-state index contributed by atoms with van der Waals surface area (Å²) in [6.07, 6.45) is 5.64. The fourth-order valence-electron chi connectivity index (χ4n) is 3.26. The molecule has 128 valence electrons. The van der Waals surface area contributed by atoms with E-state index in [1.54, 1.807) is 17.9 Å². The van der Waals surface area contributed by atoms with Gasteiger partial charge in [-0.25, -0.2) is 4.39 Å². The van der Waals surface area contributed by atoms with E-state index in [-0.39, 0.29) is 11.7 Å². The molecule has 1 atom stereocenters. The van der Waals surface area contributed by atoms with Gasteiger partial charge in [0.05, 0.1) is 5.02 Å². The van der Waals surface area contributed by atoms with E-state index in [0.717, 1.165) is 44.3 Å². The Kier molecular flexibility index (Phi) is 5.19. The first-order valence-corrected chi connectivity index (χ1v) is 8.63. The number of aromatic nitrogens is 2. The molecule has 1 aliphatic heterocycles. The summed E-state index contributed by atoms with van der Waals surface area (Å²) in [6.45, 7) is 1.48. The van der Waals surface area contributed by atoms with E-state index < -0.39 is 0 Å². The number of hydrogen-bond acceptors (Lipinski definition) is 2. The zero-order chi connectivity index (χ0) is 17.1.